The predicted molar refractivity (Wildman–Crippen MR) is 74.2 cm³/mol. The predicted octanol–water partition coefficient (Wildman–Crippen LogP) is 3.35. The Morgan fingerprint density at radius 1 is 1.25 bits per heavy atom. The first-order chi connectivity index (χ1) is 9.32. The minimum atomic E-state index is -1.11. The van der Waals surface area contributed by atoms with Gasteiger partial charge in [-0.05, 0) is 24.3 Å². The second-order valence-corrected chi connectivity index (χ2v) is 5.48. The van der Waals surface area contributed by atoms with Crippen molar-refractivity contribution < 1.29 is 19.1 Å². The molecule has 0 amide bonds. The highest BCUT2D eigenvalue weighted by atomic mass is 16.5. The molecule has 5 nitrogen and oxygen atoms in total. The molecule has 1 aromatic heterocycles. The summed E-state index contributed by atoms with van der Waals surface area (Å²) >= 11 is 0. The normalized spacial score (nSPS) is 11.4. The lowest BCUT2D eigenvalue weighted by Gasteiger charge is -2.14. The molecule has 0 radical (unpaired) electrons. The van der Waals surface area contributed by atoms with Gasteiger partial charge in [-0.15, -0.1) is 0 Å². The summed E-state index contributed by atoms with van der Waals surface area (Å²) in [4.78, 5) is 15.6. The molecular weight excluding hydrogens is 258 g/mol. The standard InChI is InChI=1S/C15H17NO4/c1-15(2,3)12-11(14(17)18)20-13(16-12)9-5-7-10(19-4)8-6-9/h5-8H,1-4H3,(H,17,18). The van der Waals surface area contributed by atoms with Crippen LogP contribution in [0.15, 0.2) is 28.7 Å². The fraction of sp³-hybridized carbons (Fsp3) is 0.333. The lowest BCUT2D eigenvalue weighted by molar-refractivity contribution is 0.0659. The molecular formula is C15H17NO4. The van der Waals surface area contributed by atoms with Crippen molar-refractivity contribution in [2.75, 3.05) is 7.11 Å². The van der Waals surface area contributed by atoms with Gasteiger partial charge in [-0.2, -0.15) is 0 Å². The van der Waals surface area contributed by atoms with Gasteiger partial charge in [0.2, 0.25) is 11.7 Å². The monoisotopic (exact) mass is 275 g/mol. The van der Waals surface area contributed by atoms with Crippen LogP contribution < -0.4 is 4.74 Å². The van der Waals surface area contributed by atoms with E-state index < -0.39 is 11.4 Å². The Bertz CT molecular complexity index is 620. The molecule has 0 atom stereocenters. The average Bonchev–Trinajstić information content (AvgIpc) is 2.84. The maximum atomic E-state index is 11.3. The van der Waals surface area contributed by atoms with Gasteiger partial charge in [0.1, 0.15) is 11.4 Å². The van der Waals surface area contributed by atoms with Crippen LogP contribution in [-0.4, -0.2) is 23.2 Å². The van der Waals surface area contributed by atoms with Crippen LogP contribution in [0.25, 0.3) is 11.5 Å². The Hall–Kier alpha value is -2.30. The second kappa shape index (κ2) is 5.00. The summed E-state index contributed by atoms with van der Waals surface area (Å²) in [6, 6.07) is 7.11. The number of oxazole rings is 1. The zero-order valence-electron chi connectivity index (χ0n) is 11.9. The first-order valence-corrected chi connectivity index (χ1v) is 6.22. The molecule has 20 heavy (non-hydrogen) atoms. The maximum Gasteiger partial charge on any atom is 0.373 e. The largest absolute Gasteiger partial charge is 0.497 e. The van der Waals surface area contributed by atoms with Gasteiger partial charge in [0, 0.05) is 11.0 Å². The Morgan fingerprint density at radius 3 is 2.25 bits per heavy atom. The third-order valence-electron chi connectivity index (χ3n) is 2.87. The summed E-state index contributed by atoms with van der Waals surface area (Å²) in [5.41, 5.74) is 0.752. The van der Waals surface area contributed by atoms with E-state index in [9.17, 15) is 9.90 Å². The molecule has 0 aliphatic heterocycles. The molecule has 0 saturated carbocycles. The molecule has 1 aromatic carbocycles. The molecule has 0 aliphatic carbocycles. The Morgan fingerprint density at radius 2 is 1.85 bits per heavy atom. The minimum Gasteiger partial charge on any atom is -0.497 e. The number of carboxylic acid groups (broad SMARTS) is 1. The van der Waals surface area contributed by atoms with E-state index in [0.29, 0.717) is 17.1 Å². The van der Waals surface area contributed by atoms with Gasteiger partial charge in [0.25, 0.3) is 0 Å². The Kier molecular flexibility index (Phi) is 3.53. The zero-order valence-corrected chi connectivity index (χ0v) is 11.9. The molecule has 1 N–H and O–H groups in total. The number of nitrogens with zero attached hydrogens (tertiary/aromatic N) is 1. The third kappa shape index (κ3) is 2.66. The van der Waals surface area contributed by atoms with Crippen molar-refractivity contribution in [3.05, 3.63) is 35.7 Å². The van der Waals surface area contributed by atoms with Crippen LogP contribution in [0.2, 0.25) is 0 Å². The molecule has 0 spiro atoms. The first-order valence-electron chi connectivity index (χ1n) is 6.22. The SMILES string of the molecule is COc1ccc(-c2nc(C(C)(C)C)c(C(=O)O)o2)cc1. The molecule has 1 heterocycles. The summed E-state index contributed by atoms with van der Waals surface area (Å²) < 4.78 is 10.5. The number of aromatic nitrogens is 1. The fourth-order valence-electron chi connectivity index (χ4n) is 1.83. The molecule has 2 aromatic rings. The third-order valence-corrected chi connectivity index (χ3v) is 2.87. The highest BCUT2D eigenvalue weighted by Gasteiger charge is 2.29. The second-order valence-electron chi connectivity index (χ2n) is 5.48. The number of benzene rings is 1. The molecule has 5 heteroatoms. The highest BCUT2D eigenvalue weighted by Crippen LogP contribution is 2.30. The van der Waals surface area contributed by atoms with E-state index in [-0.39, 0.29) is 5.76 Å². The number of hydrogen-bond acceptors (Lipinski definition) is 4. The van der Waals surface area contributed by atoms with E-state index in [1.54, 1.807) is 31.4 Å². The number of rotatable bonds is 3. The fourth-order valence-corrected chi connectivity index (χ4v) is 1.83. The first kappa shape index (κ1) is 14.1. The van der Waals surface area contributed by atoms with Gasteiger partial charge in [-0.1, -0.05) is 20.8 Å². The summed E-state index contributed by atoms with van der Waals surface area (Å²) in [6.45, 7) is 5.69. The van der Waals surface area contributed by atoms with Crippen molar-refractivity contribution in [1.29, 1.82) is 0 Å². The van der Waals surface area contributed by atoms with Crippen molar-refractivity contribution >= 4 is 5.97 Å². The van der Waals surface area contributed by atoms with Crippen molar-refractivity contribution in [2.45, 2.75) is 26.2 Å². The topological polar surface area (TPSA) is 72.6 Å². The van der Waals surface area contributed by atoms with Gasteiger partial charge in [0.15, 0.2) is 0 Å². The number of methoxy groups -OCH3 is 1. The summed E-state index contributed by atoms with van der Waals surface area (Å²) in [5, 5.41) is 9.22. The van der Waals surface area contributed by atoms with Crippen LogP contribution in [0.1, 0.15) is 37.0 Å². The van der Waals surface area contributed by atoms with Crippen LogP contribution in [0.3, 0.4) is 0 Å². The zero-order chi connectivity index (χ0) is 14.9. The maximum absolute atomic E-state index is 11.3. The van der Waals surface area contributed by atoms with Crippen LogP contribution >= 0.6 is 0 Å². The van der Waals surface area contributed by atoms with Crippen LogP contribution in [0.5, 0.6) is 5.75 Å². The van der Waals surface area contributed by atoms with E-state index in [4.69, 9.17) is 9.15 Å². The van der Waals surface area contributed by atoms with Crippen LogP contribution in [0, 0.1) is 0 Å². The molecule has 0 aliphatic rings. The molecule has 0 saturated heterocycles. The van der Waals surface area contributed by atoms with Gasteiger partial charge < -0.3 is 14.3 Å². The van der Waals surface area contributed by atoms with Gasteiger partial charge in [-0.25, -0.2) is 9.78 Å². The smallest absolute Gasteiger partial charge is 0.373 e. The van der Waals surface area contributed by atoms with Crippen LogP contribution in [0.4, 0.5) is 0 Å². The number of aromatic carboxylic acids is 1. The van der Waals surface area contributed by atoms with Crippen molar-refractivity contribution in [2.24, 2.45) is 0 Å². The van der Waals surface area contributed by atoms with E-state index in [1.807, 2.05) is 20.8 Å². The van der Waals surface area contributed by atoms with E-state index in [2.05, 4.69) is 4.98 Å². The van der Waals surface area contributed by atoms with Gasteiger partial charge >= 0.3 is 5.97 Å². The number of carboxylic acids is 1. The van der Waals surface area contributed by atoms with Crippen molar-refractivity contribution in [3.63, 3.8) is 0 Å². The average molecular weight is 275 g/mol. The lowest BCUT2D eigenvalue weighted by atomic mass is 9.91. The van der Waals surface area contributed by atoms with Gasteiger partial charge in [-0.3, -0.25) is 0 Å². The number of hydrogen-bond donors (Lipinski definition) is 1. The lowest BCUT2D eigenvalue weighted by Crippen LogP contribution is -2.16. The van der Waals surface area contributed by atoms with E-state index in [0.717, 1.165) is 5.75 Å². The molecule has 106 valence electrons. The molecule has 0 fully saturated rings. The molecule has 0 bridgehead atoms. The molecule has 2 rings (SSSR count). The van der Waals surface area contributed by atoms with Gasteiger partial charge in [0.05, 0.1) is 7.11 Å². The molecule has 0 unspecified atom stereocenters. The van der Waals surface area contributed by atoms with Crippen molar-refractivity contribution in [1.82, 2.24) is 4.98 Å². The Balaban J connectivity index is 2.50. The summed E-state index contributed by atoms with van der Waals surface area (Å²) in [5.74, 6) is -0.199. The van der Waals surface area contributed by atoms with Crippen LogP contribution in [-0.2, 0) is 5.41 Å². The number of ether oxygens (including phenoxy) is 1. The highest BCUT2D eigenvalue weighted by molar-refractivity contribution is 5.86. The van der Waals surface area contributed by atoms with E-state index in [1.165, 1.54) is 0 Å². The summed E-state index contributed by atoms with van der Waals surface area (Å²) in [7, 11) is 1.58. The summed E-state index contributed by atoms with van der Waals surface area (Å²) in [6.07, 6.45) is 0. The number of carbonyl (C=O) groups is 1. The van der Waals surface area contributed by atoms with Crippen molar-refractivity contribution in [3.8, 4) is 17.2 Å². The Labute approximate surface area is 117 Å². The van der Waals surface area contributed by atoms with E-state index >= 15 is 0 Å². The minimum absolute atomic E-state index is 0.108. The quantitative estimate of drug-likeness (QED) is 0.930.